The molecular weight excluding hydrogens is 263 g/mol. The third-order valence-corrected chi connectivity index (χ3v) is 2.67. The molecule has 0 radical (unpaired) electrons. The summed E-state index contributed by atoms with van der Waals surface area (Å²) < 4.78 is 0. The standard InChI is InChI=1S/C12H12Cl2O3/c13-9-5-8(6-10(14)7-9)11(15)3-1-2-4-12(16)17/h5-7H,1-4H2,(H,16,17). The zero-order chi connectivity index (χ0) is 12.8. The summed E-state index contributed by atoms with van der Waals surface area (Å²) >= 11 is 11.6. The van der Waals surface area contributed by atoms with E-state index in [1.807, 2.05) is 0 Å². The van der Waals surface area contributed by atoms with E-state index in [1.165, 1.54) is 0 Å². The molecule has 0 amide bonds. The average molecular weight is 275 g/mol. The van der Waals surface area contributed by atoms with Gasteiger partial charge in [-0.1, -0.05) is 23.2 Å². The third kappa shape index (κ3) is 5.20. The van der Waals surface area contributed by atoms with Gasteiger partial charge in [0.15, 0.2) is 5.78 Å². The summed E-state index contributed by atoms with van der Waals surface area (Å²) in [6, 6.07) is 4.68. The van der Waals surface area contributed by atoms with Gasteiger partial charge in [-0.25, -0.2) is 0 Å². The van der Waals surface area contributed by atoms with Crippen molar-refractivity contribution in [2.24, 2.45) is 0 Å². The minimum Gasteiger partial charge on any atom is -0.481 e. The maximum Gasteiger partial charge on any atom is 0.303 e. The minimum atomic E-state index is -0.844. The van der Waals surface area contributed by atoms with Crippen molar-refractivity contribution in [1.82, 2.24) is 0 Å². The Kier molecular flexibility index (Phi) is 5.45. The summed E-state index contributed by atoms with van der Waals surface area (Å²) in [6.45, 7) is 0. The lowest BCUT2D eigenvalue weighted by Crippen LogP contribution is -2.00. The number of unbranched alkanes of at least 4 members (excludes halogenated alkanes) is 1. The topological polar surface area (TPSA) is 54.4 Å². The van der Waals surface area contributed by atoms with E-state index < -0.39 is 5.97 Å². The van der Waals surface area contributed by atoms with Crippen LogP contribution in [0.5, 0.6) is 0 Å². The predicted molar refractivity (Wildman–Crippen MR) is 66.9 cm³/mol. The Bertz CT molecular complexity index is 410. The van der Waals surface area contributed by atoms with Gasteiger partial charge in [-0.05, 0) is 31.0 Å². The van der Waals surface area contributed by atoms with Crippen LogP contribution in [-0.2, 0) is 4.79 Å². The van der Waals surface area contributed by atoms with E-state index in [0.717, 1.165) is 0 Å². The molecule has 0 aliphatic heterocycles. The molecule has 0 unspecified atom stereocenters. The summed E-state index contributed by atoms with van der Waals surface area (Å²) in [7, 11) is 0. The van der Waals surface area contributed by atoms with Crippen LogP contribution in [-0.4, -0.2) is 16.9 Å². The number of carbonyl (C=O) groups excluding carboxylic acids is 1. The van der Waals surface area contributed by atoms with Crippen LogP contribution < -0.4 is 0 Å². The number of hydrogen-bond acceptors (Lipinski definition) is 2. The fourth-order valence-corrected chi connectivity index (χ4v) is 1.95. The molecule has 0 saturated carbocycles. The van der Waals surface area contributed by atoms with Crippen molar-refractivity contribution in [3.8, 4) is 0 Å². The second-order valence-electron chi connectivity index (χ2n) is 3.68. The lowest BCUT2D eigenvalue weighted by Gasteiger charge is -2.02. The molecule has 92 valence electrons. The second-order valence-corrected chi connectivity index (χ2v) is 4.56. The Morgan fingerprint density at radius 2 is 1.53 bits per heavy atom. The fourth-order valence-electron chi connectivity index (χ4n) is 1.42. The number of carboxylic acid groups (broad SMARTS) is 1. The Labute approximate surface area is 109 Å². The number of halogens is 2. The third-order valence-electron chi connectivity index (χ3n) is 2.23. The monoisotopic (exact) mass is 274 g/mol. The molecular formula is C12H12Cl2O3. The first kappa shape index (κ1) is 14.0. The van der Waals surface area contributed by atoms with E-state index in [4.69, 9.17) is 28.3 Å². The van der Waals surface area contributed by atoms with Crippen LogP contribution in [0.4, 0.5) is 0 Å². The number of benzene rings is 1. The van der Waals surface area contributed by atoms with E-state index in [-0.39, 0.29) is 12.2 Å². The number of Topliss-reactive ketones (excluding diaryl/α,β-unsaturated/α-hetero) is 1. The molecule has 0 bridgehead atoms. The van der Waals surface area contributed by atoms with Gasteiger partial charge in [0.25, 0.3) is 0 Å². The number of carbonyl (C=O) groups is 2. The van der Waals surface area contributed by atoms with Gasteiger partial charge >= 0.3 is 5.97 Å². The lowest BCUT2D eigenvalue weighted by molar-refractivity contribution is -0.137. The highest BCUT2D eigenvalue weighted by atomic mass is 35.5. The van der Waals surface area contributed by atoms with Crippen LogP contribution in [0, 0.1) is 0 Å². The van der Waals surface area contributed by atoms with E-state index in [1.54, 1.807) is 18.2 Å². The molecule has 3 nitrogen and oxygen atoms in total. The zero-order valence-electron chi connectivity index (χ0n) is 9.08. The largest absolute Gasteiger partial charge is 0.481 e. The molecule has 0 fully saturated rings. The summed E-state index contributed by atoms with van der Waals surface area (Å²) in [5.41, 5.74) is 0.470. The summed E-state index contributed by atoms with van der Waals surface area (Å²) in [5.74, 6) is -0.914. The van der Waals surface area contributed by atoms with Gasteiger partial charge < -0.3 is 5.11 Å². The van der Waals surface area contributed by atoms with Crippen LogP contribution in [0.25, 0.3) is 0 Å². The summed E-state index contributed by atoms with van der Waals surface area (Å²) in [6.07, 6.45) is 1.44. The maximum atomic E-state index is 11.7. The quantitative estimate of drug-likeness (QED) is 0.634. The van der Waals surface area contributed by atoms with Crippen molar-refractivity contribution >= 4 is 35.0 Å². The molecule has 0 saturated heterocycles. The molecule has 0 atom stereocenters. The van der Waals surface area contributed by atoms with Crippen LogP contribution in [0.15, 0.2) is 18.2 Å². The van der Waals surface area contributed by atoms with Crippen LogP contribution in [0.1, 0.15) is 36.0 Å². The molecule has 0 spiro atoms. The first-order chi connectivity index (χ1) is 7.99. The molecule has 1 aromatic rings. The number of ketones is 1. The Morgan fingerprint density at radius 1 is 1.00 bits per heavy atom. The highest BCUT2D eigenvalue weighted by Gasteiger charge is 2.08. The molecule has 5 heteroatoms. The van der Waals surface area contributed by atoms with Crippen molar-refractivity contribution in [3.05, 3.63) is 33.8 Å². The van der Waals surface area contributed by atoms with Gasteiger partial charge in [0.1, 0.15) is 0 Å². The summed E-state index contributed by atoms with van der Waals surface area (Å²) in [4.78, 5) is 22.0. The lowest BCUT2D eigenvalue weighted by atomic mass is 10.0. The average Bonchev–Trinajstić information content (AvgIpc) is 2.22. The predicted octanol–water partition coefficient (Wildman–Crippen LogP) is 3.82. The summed E-state index contributed by atoms with van der Waals surface area (Å²) in [5, 5.41) is 9.29. The molecule has 0 aliphatic rings. The van der Waals surface area contributed by atoms with Gasteiger partial charge in [-0.2, -0.15) is 0 Å². The van der Waals surface area contributed by atoms with E-state index in [9.17, 15) is 9.59 Å². The Hall–Kier alpha value is -1.06. The maximum absolute atomic E-state index is 11.7. The first-order valence-corrected chi connectivity index (χ1v) is 5.95. The molecule has 1 aromatic carbocycles. The SMILES string of the molecule is O=C(O)CCCCC(=O)c1cc(Cl)cc(Cl)c1. The first-order valence-electron chi connectivity index (χ1n) is 5.20. The number of aliphatic carboxylic acids is 1. The fraction of sp³-hybridized carbons (Fsp3) is 0.333. The Morgan fingerprint density at radius 3 is 2.06 bits per heavy atom. The highest BCUT2D eigenvalue weighted by molar-refractivity contribution is 6.35. The molecule has 17 heavy (non-hydrogen) atoms. The van der Waals surface area contributed by atoms with E-state index in [2.05, 4.69) is 0 Å². The zero-order valence-corrected chi connectivity index (χ0v) is 10.6. The van der Waals surface area contributed by atoms with Gasteiger partial charge in [-0.3, -0.25) is 9.59 Å². The molecule has 0 aliphatic carbocycles. The number of rotatable bonds is 6. The van der Waals surface area contributed by atoms with Crippen LogP contribution in [0.2, 0.25) is 10.0 Å². The minimum absolute atomic E-state index is 0.0696. The molecule has 1 rings (SSSR count). The van der Waals surface area contributed by atoms with Crippen molar-refractivity contribution in [3.63, 3.8) is 0 Å². The smallest absolute Gasteiger partial charge is 0.303 e. The van der Waals surface area contributed by atoms with Gasteiger partial charge in [0, 0.05) is 28.5 Å². The van der Waals surface area contributed by atoms with Crippen molar-refractivity contribution in [2.75, 3.05) is 0 Å². The van der Waals surface area contributed by atoms with E-state index in [0.29, 0.717) is 34.9 Å². The van der Waals surface area contributed by atoms with Gasteiger partial charge in [0.05, 0.1) is 0 Å². The van der Waals surface area contributed by atoms with Crippen molar-refractivity contribution in [1.29, 1.82) is 0 Å². The Balaban J connectivity index is 2.49. The van der Waals surface area contributed by atoms with E-state index >= 15 is 0 Å². The number of hydrogen-bond donors (Lipinski definition) is 1. The van der Waals surface area contributed by atoms with Gasteiger partial charge in [0.2, 0.25) is 0 Å². The van der Waals surface area contributed by atoms with Crippen LogP contribution >= 0.6 is 23.2 Å². The normalized spacial score (nSPS) is 10.2. The number of carboxylic acids is 1. The molecule has 0 heterocycles. The highest BCUT2D eigenvalue weighted by Crippen LogP contribution is 2.20. The molecule has 0 aromatic heterocycles. The second kappa shape index (κ2) is 6.62. The van der Waals surface area contributed by atoms with Crippen molar-refractivity contribution in [2.45, 2.75) is 25.7 Å². The van der Waals surface area contributed by atoms with Crippen LogP contribution in [0.3, 0.4) is 0 Å². The molecule has 1 N–H and O–H groups in total. The van der Waals surface area contributed by atoms with Crippen molar-refractivity contribution < 1.29 is 14.7 Å². The van der Waals surface area contributed by atoms with Gasteiger partial charge in [-0.15, -0.1) is 0 Å².